The molecule has 0 atom stereocenters. The first kappa shape index (κ1) is 11.6. The molecule has 1 aromatic rings. The van der Waals surface area contributed by atoms with Crippen LogP contribution in [0.2, 0.25) is 5.22 Å². The Morgan fingerprint density at radius 3 is 3.00 bits per heavy atom. The topological polar surface area (TPSA) is 51.5 Å². The normalized spacial score (nSPS) is 10.2. The van der Waals surface area contributed by atoms with Crippen molar-refractivity contribution in [3.05, 3.63) is 21.5 Å². The van der Waals surface area contributed by atoms with E-state index < -0.39 is 0 Å². The average molecular weight is 283 g/mol. The van der Waals surface area contributed by atoms with Crippen LogP contribution >= 0.6 is 27.5 Å². The molecule has 0 spiro atoms. The standard InChI is InChI=1S/C8H9BrClNO3/c1-13-3-2-11-8(12)6-4-5(9)7(10)14-6/h4H,2-3H2,1H3,(H,11,12). The molecule has 0 aliphatic carbocycles. The summed E-state index contributed by atoms with van der Waals surface area (Å²) in [5, 5.41) is 2.77. The summed E-state index contributed by atoms with van der Waals surface area (Å²) in [5.41, 5.74) is 0. The molecular formula is C8H9BrClNO3. The van der Waals surface area contributed by atoms with Crippen molar-refractivity contribution in [3.8, 4) is 0 Å². The summed E-state index contributed by atoms with van der Waals surface area (Å²) in [5.74, 6) is -0.132. The third-order valence-electron chi connectivity index (χ3n) is 1.46. The highest BCUT2D eigenvalue weighted by molar-refractivity contribution is 9.10. The zero-order chi connectivity index (χ0) is 10.6. The minimum absolute atomic E-state index is 0.168. The number of ether oxygens (including phenoxy) is 1. The molecule has 0 unspecified atom stereocenters. The summed E-state index contributed by atoms with van der Waals surface area (Å²) in [6, 6.07) is 1.52. The van der Waals surface area contributed by atoms with Gasteiger partial charge < -0.3 is 14.5 Å². The van der Waals surface area contributed by atoms with E-state index in [2.05, 4.69) is 21.2 Å². The molecule has 4 nitrogen and oxygen atoms in total. The summed E-state index contributed by atoms with van der Waals surface area (Å²) >= 11 is 8.75. The number of carbonyl (C=O) groups is 1. The van der Waals surface area contributed by atoms with Crippen LogP contribution in [-0.2, 0) is 4.74 Å². The lowest BCUT2D eigenvalue weighted by atomic mass is 10.4. The van der Waals surface area contributed by atoms with Gasteiger partial charge in [-0.2, -0.15) is 0 Å². The maximum Gasteiger partial charge on any atom is 0.287 e. The molecule has 0 saturated carbocycles. The lowest BCUT2D eigenvalue weighted by Crippen LogP contribution is -2.26. The monoisotopic (exact) mass is 281 g/mol. The second-order valence-corrected chi connectivity index (χ2v) is 3.68. The van der Waals surface area contributed by atoms with Gasteiger partial charge in [-0.3, -0.25) is 4.79 Å². The number of hydrogen-bond acceptors (Lipinski definition) is 3. The fourth-order valence-corrected chi connectivity index (χ4v) is 1.24. The highest BCUT2D eigenvalue weighted by Crippen LogP contribution is 2.25. The minimum atomic E-state index is -0.311. The van der Waals surface area contributed by atoms with E-state index in [1.54, 1.807) is 7.11 Å². The van der Waals surface area contributed by atoms with Crippen LogP contribution < -0.4 is 5.32 Å². The number of furan rings is 1. The van der Waals surface area contributed by atoms with E-state index in [1.807, 2.05) is 0 Å². The molecule has 1 aromatic heterocycles. The number of carbonyl (C=O) groups excluding carboxylic acids is 1. The first-order valence-corrected chi connectivity index (χ1v) is 5.04. The van der Waals surface area contributed by atoms with Gasteiger partial charge in [0.25, 0.3) is 5.91 Å². The van der Waals surface area contributed by atoms with E-state index in [9.17, 15) is 4.79 Å². The molecule has 1 amide bonds. The predicted octanol–water partition coefficient (Wildman–Crippen LogP) is 2.07. The van der Waals surface area contributed by atoms with Gasteiger partial charge in [0.15, 0.2) is 5.76 Å². The summed E-state index contributed by atoms with van der Waals surface area (Å²) in [6.45, 7) is 0.895. The number of rotatable bonds is 4. The van der Waals surface area contributed by atoms with Crippen molar-refractivity contribution < 1.29 is 13.9 Å². The fraction of sp³-hybridized carbons (Fsp3) is 0.375. The highest BCUT2D eigenvalue weighted by atomic mass is 79.9. The molecule has 0 bridgehead atoms. The van der Waals surface area contributed by atoms with Gasteiger partial charge in [0.05, 0.1) is 11.1 Å². The maximum absolute atomic E-state index is 11.3. The number of amides is 1. The number of halogens is 2. The third kappa shape index (κ3) is 3.01. The van der Waals surface area contributed by atoms with Gasteiger partial charge in [0.2, 0.25) is 5.22 Å². The Hall–Kier alpha value is -0.520. The summed E-state index contributed by atoms with van der Waals surface area (Å²) in [7, 11) is 1.56. The maximum atomic E-state index is 11.3. The smallest absolute Gasteiger partial charge is 0.287 e. The van der Waals surface area contributed by atoms with Crippen LogP contribution in [0.25, 0.3) is 0 Å². The summed E-state index contributed by atoms with van der Waals surface area (Å²) < 4.78 is 10.3. The van der Waals surface area contributed by atoms with Crippen LogP contribution in [0.1, 0.15) is 10.6 Å². The van der Waals surface area contributed by atoms with Crippen LogP contribution in [0, 0.1) is 0 Å². The van der Waals surface area contributed by atoms with Gasteiger partial charge >= 0.3 is 0 Å². The lowest BCUT2D eigenvalue weighted by molar-refractivity contribution is 0.0909. The minimum Gasteiger partial charge on any atom is -0.438 e. The van der Waals surface area contributed by atoms with Gasteiger partial charge in [-0.05, 0) is 27.5 Å². The third-order valence-corrected chi connectivity index (χ3v) is 2.56. The van der Waals surface area contributed by atoms with Crippen LogP contribution in [0.5, 0.6) is 0 Å². The van der Waals surface area contributed by atoms with Gasteiger partial charge in [0, 0.05) is 19.7 Å². The largest absolute Gasteiger partial charge is 0.438 e. The van der Waals surface area contributed by atoms with Gasteiger partial charge in [-0.25, -0.2) is 0 Å². The van der Waals surface area contributed by atoms with Gasteiger partial charge in [-0.1, -0.05) is 0 Å². The Morgan fingerprint density at radius 2 is 2.50 bits per heavy atom. The Labute approximate surface area is 94.7 Å². The molecule has 0 saturated heterocycles. The summed E-state index contributed by atoms with van der Waals surface area (Å²) in [4.78, 5) is 11.3. The molecule has 0 aliphatic rings. The van der Waals surface area contributed by atoms with E-state index in [-0.39, 0.29) is 16.9 Å². The molecular weight excluding hydrogens is 273 g/mol. The van der Waals surface area contributed by atoms with Crippen molar-refractivity contribution in [1.82, 2.24) is 5.32 Å². The highest BCUT2D eigenvalue weighted by Gasteiger charge is 2.13. The van der Waals surface area contributed by atoms with Gasteiger partial charge in [0.1, 0.15) is 0 Å². The van der Waals surface area contributed by atoms with Crippen molar-refractivity contribution in [2.45, 2.75) is 0 Å². The van der Waals surface area contributed by atoms with Crippen molar-refractivity contribution >= 4 is 33.4 Å². The zero-order valence-electron chi connectivity index (χ0n) is 7.47. The van der Waals surface area contributed by atoms with Crippen molar-refractivity contribution in [1.29, 1.82) is 0 Å². The molecule has 0 fully saturated rings. The molecule has 0 aliphatic heterocycles. The molecule has 0 aromatic carbocycles. The molecule has 6 heteroatoms. The Kier molecular flexibility index (Phi) is 4.44. The van der Waals surface area contributed by atoms with Crippen LogP contribution in [0.15, 0.2) is 15.0 Å². The Balaban J connectivity index is 2.52. The lowest BCUT2D eigenvalue weighted by Gasteiger charge is -2.00. The molecule has 1 heterocycles. The second-order valence-electron chi connectivity index (χ2n) is 2.48. The SMILES string of the molecule is COCCNC(=O)c1cc(Br)c(Cl)o1. The van der Waals surface area contributed by atoms with Crippen LogP contribution in [0.4, 0.5) is 0 Å². The van der Waals surface area contributed by atoms with E-state index in [1.165, 1.54) is 6.07 Å². The van der Waals surface area contributed by atoms with Crippen LogP contribution in [-0.4, -0.2) is 26.2 Å². The fourth-order valence-electron chi connectivity index (χ4n) is 0.812. The second kappa shape index (κ2) is 5.38. The predicted molar refractivity (Wildman–Crippen MR) is 55.6 cm³/mol. The molecule has 78 valence electrons. The van der Waals surface area contributed by atoms with Crippen molar-refractivity contribution in [2.75, 3.05) is 20.3 Å². The molecule has 1 N–H and O–H groups in total. The molecule has 0 radical (unpaired) electrons. The van der Waals surface area contributed by atoms with Crippen molar-refractivity contribution in [3.63, 3.8) is 0 Å². The van der Waals surface area contributed by atoms with Gasteiger partial charge in [-0.15, -0.1) is 0 Å². The quantitative estimate of drug-likeness (QED) is 0.860. The van der Waals surface area contributed by atoms with E-state index in [4.69, 9.17) is 20.8 Å². The van der Waals surface area contributed by atoms with Crippen molar-refractivity contribution in [2.24, 2.45) is 0 Å². The average Bonchev–Trinajstić information content (AvgIpc) is 2.47. The number of nitrogens with one attached hydrogen (secondary N) is 1. The van der Waals surface area contributed by atoms with E-state index in [0.717, 1.165) is 0 Å². The summed E-state index contributed by atoms with van der Waals surface area (Å²) in [6.07, 6.45) is 0. The number of hydrogen-bond donors (Lipinski definition) is 1. The molecule has 1 rings (SSSR count). The number of methoxy groups -OCH3 is 1. The molecule has 14 heavy (non-hydrogen) atoms. The zero-order valence-corrected chi connectivity index (χ0v) is 9.81. The first-order chi connectivity index (χ1) is 6.65. The van der Waals surface area contributed by atoms with E-state index >= 15 is 0 Å². The Bertz CT molecular complexity index is 307. The van der Waals surface area contributed by atoms with Crippen LogP contribution in [0.3, 0.4) is 0 Å². The first-order valence-electron chi connectivity index (χ1n) is 3.87. The Morgan fingerprint density at radius 1 is 1.79 bits per heavy atom. The van der Waals surface area contributed by atoms with E-state index in [0.29, 0.717) is 17.6 Å².